The van der Waals surface area contributed by atoms with Gasteiger partial charge in [-0.3, -0.25) is 0 Å². The van der Waals surface area contributed by atoms with Crippen molar-refractivity contribution in [3.63, 3.8) is 0 Å². The fourth-order valence-corrected chi connectivity index (χ4v) is 0.786. The monoisotopic (exact) mass is 182 g/mol. The first-order valence-corrected chi connectivity index (χ1v) is 3.82. The first kappa shape index (κ1) is 9.37. The highest BCUT2D eigenvalue weighted by molar-refractivity contribution is 5.34. The maximum atomic E-state index is 10.2. The van der Waals surface area contributed by atoms with E-state index in [0.29, 0.717) is 5.82 Å². The second kappa shape index (κ2) is 3.79. The summed E-state index contributed by atoms with van der Waals surface area (Å²) in [5.41, 5.74) is 0. The van der Waals surface area contributed by atoms with Crippen molar-refractivity contribution in [2.24, 2.45) is 0 Å². The van der Waals surface area contributed by atoms with E-state index in [1.165, 1.54) is 6.20 Å². The number of rotatable bonds is 3. The van der Waals surface area contributed by atoms with Crippen molar-refractivity contribution >= 4 is 11.6 Å². The molecule has 0 saturated heterocycles. The van der Waals surface area contributed by atoms with Crippen molar-refractivity contribution in [1.29, 1.82) is 0 Å². The molecule has 0 bridgehead atoms. The van der Waals surface area contributed by atoms with Crippen LogP contribution in [0.4, 0.5) is 11.6 Å². The van der Waals surface area contributed by atoms with Crippen LogP contribution >= 0.6 is 0 Å². The van der Waals surface area contributed by atoms with Gasteiger partial charge in [-0.15, -0.1) is 0 Å². The molecule has 6 nitrogen and oxygen atoms in total. The molecule has 1 N–H and O–H groups in total. The highest BCUT2D eigenvalue weighted by Gasteiger charge is 2.07. The third-order valence-corrected chi connectivity index (χ3v) is 1.26. The van der Waals surface area contributed by atoms with Crippen molar-refractivity contribution < 1.29 is 4.92 Å². The van der Waals surface area contributed by atoms with Crippen LogP contribution < -0.4 is 5.32 Å². The lowest BCUT2D eigenvalue weighted by Gasteiger charge is -2.05. The van der Waals surface area contributed by atoms with E-state index in [1.807, 2.05) is 13.8 Å². The predicted molar refractivity (Wildman–Crippen MR) is 47.4 cm³/mol. The van der Waals surface area contributed by atoms with Crippen LogP contribution in [0.3, 0.4) is 0 Å². The lowest BCUT2D eigenvalue weighted by atomic mass is 10.4. The van der Waals surface area contributed by atoms with E-state index in [4.69, 9.17) is 0 Å². The van der Waals surface area contributed by atoms with Gasteiger partial charge in [0.05, 0.1) is 0 Å². The molecule has 0 aliphatic heterocycles. The fraction of sp³-hybridized carbons (Fsp3) is 0.429. The zero-order valence-corrected chi connectivity index (χ0v) is 7.39. The van der Waals surface area contributed by atoms with E-state index < -0.39 is 4.92 Å². The highest BCUT2D eigenvalue weighted by Crippen LogP contribution is 2.07. The molecule has 0 radical (unpaired) electrons. The number of nitrogens with zero attached hydrogens (tertiary/aromatic N) is 3. The van der Waals surface area contributed by atoms with Gasteiger partial charge in [0, 0.05) is 6.04 Å². The van der Waals surface area contributed by atoms with Crippen LogP contribution in [0, 0.1) is 10.1 Å². The number of nitro groups is 1. The SMILES string of the molecule is CC(C)Nc1cnc([N+](=O)[O-])cn1. The lowest BCUT2D eigenvalue weighted by molar-refractivity contribution is -0.389. The van der Waals surface area contributed by atoms with Crippen LogP contribution in [0.2, 0.25) is 0 Å². The van der Waals surface area contributed by atoms with Crippen LogP contribution in [0.15, 0.2) is 12.4 Å². The molecule has 0 amide bonds. The Morgan fingerprint density at radius 3 is 2.54 bits per heavy atom. The Hall–Kier alpha value is -1.72. The number of aromatic nitrogens is 2. The second-order valence-electron chi connectivity index (χ2n) is 2.82. The Morgan fingerprint density at radius 2 is 2.15 bits per heavy atom. The molecule has 0 spiro atoms. The van der Waals surface area contributed by atoms with Crippen LogP contribution in [0.25, 0.3) is 0 Å². The summed E-state index contributed by atoms with van der Waals surface area (Å²) in [5, 5.41) is 13.2. The molecule has 0 aliphatic carbocycles. The van der Waals surface area contributed by atoms with Gasteiger partial charge in [-0.1, -0.05) is 0 Å². The Morgan fingerprint density at radius 1 is 1.46 bits per heavy atom. The molecule has 1 aromatic rings. The van der Waals surface area contributed by atoms with E-state index in [0.717, 1.165) is 6.20 Å². The summed E-state index contributed by atoms with van der Waals surface area (Å²) in [5.74, 6) is 0.301. The molecule has 6 heteroatoms. The molecule has 1 aromatic heterocycles. The molecule has 13 heavy (non-hydrogen) atoms. The van der Waals surface area contributed by atoms with Crippen molar-refractivity contribution in [2.75, 3.05) is 5.32 Å². The zero-order valence-electron chi connectivity index (χ0n) is 7.39. The Kier molecular flexibility index (Phi) is 2.73. The average Bonchev–Trinajstić information content (AvgIpc) is 2.04. The quantitative estimate of drug-likeness (QED) is 0.561. The summed E-state index contributed by atoms with van der Waals surface area (Å²) < 4.78 is 0. The van der Waals surface area contributed by atoms with E-state index >= 15 is 0 Å². The van der Waals surface area contributed by atoms with Gasteiger partial charge in [-0.25, -0.2) is 4.98 Å². The van der Waals surface area contributed by atoms with Gasteiger partial charge in [0.15, 0.2) is 12.0 Å². The molecule has 0 saturated carbocycles. The van der Waals surface area contributed by atoms with Gasteiger partial charge in [0.2, 0.25) is 0 Å². The number of hydrogen-bond acceptors (Lipinski definition) is 5. The minimum Gasteiger partial charge on any atom is -0.365 e. The van der Waals surface area contributed by atoms with Crippen molar-refractivity contribution in [3.05, 3.63) is 22.5 Å². The molecular formula is C7H10N4O2. The zero-order chi connectivity index (χ0) is 9.84. The molecule has 1 rings (SSSR count). The summed E-state index contributed by atoms with van der Waals surface area (Å²) in [6, 6.07) is 0.232. The maximum Gasteiger partial charge on any atom is 0.382 e. The number of hydrogen-bond donors (Lipinski definition) is 1. The molecule has 0 aromatic carbocycles. The fourth-order valence-electron chi connectivity index (χ4n) is 0.786. The summed E-state index contributed by atoms with van der Waals surface area (Å²) in [6.07, 6.45) is 2.48. The minimum absolute atomic E-state index is 0.232. The van der Waals surface area contributed by atoms with Crippen LogP contribution in [0.1, 0.15) is 13.8 Å². The number of nitrogens with one attached hydrogen (secondary N) is 1. The van der Waals surface area contributed by atoms with Gasteiger partial charge in [0.25, 0.3) is 0 Å². The maximum absolute atomic E-state index is 10.2. The summed E-state index contributed by atoms with van der Waals surface area (Å²) in [7, 11) is 0. The van der Waals surface area contributed by atoms with Crippen molar-refractivity contribution in [1.82, 2.24) is 9.97 Å². The molecule has 0 atom stereocenters. The molecule has 1 heterocycles. The average molecular weight is 182 g/mol. The standard InChI is InChI=1S/C7H10N4O2/c1-5(2)10-6-3-9-7(4-8-6)11(12)13/h3-5H,1-2H3,(H,8,10). The lowest BCUT2D eigenvalue weighted by Crippen LogP contribution is -2.11. The third kappa shape index (κ3) is 2.66. The minimum atomic E-state index is -0.577. The van der Waals surface area contributed by atoms with Gasteiger partial charge in [-0.2, -0.15) is 0 Å². The predicted octanol–water partition coefficient (Wildman–Crippen LogP) is 1.21. The Bertz CT molecular complexity index is 296. The van der Waals surface area contributed by atoms with Gasteiger partial charge >= 0.3 is 5.82 Å². The molecule has 70 valence electrons. The Balaban J connectivity index is 2.75. The molecule has 0 unspecified atom stereocenters. The van der Waals surface area contributed by atoms with E-state index in [9.17, 15) is 10.1 Å². The second-order valence-corrected chi connectivity index (χ2v) is 2.82. The normalized spacial score (nSPS) is 10.1. The van der Waals surface area contributed by atoms with E-state index in [1.54, 1.807) is 0 Å². The van der Waals surface area contributed by atoms with E-state index in [-0.39, 0.29) is 11.9 Å². The van der Waals surface area contributed by atoms with Crippen LogP contribution in [0.5, 0.6) is 0 Å². The topological polar surface area (TPSA) is 81.0 Å². The summed E-state index contributed by atoms with van der Waals surface area (Å²) in [6.45, 7) is 3.90. The smallest absolute Gasteiger partial charge is 0.365 e. The van der Waals surface area contributed by atoms with Crippen molar-refractivity contribution in [3.8, 4) is 0 Å². The van der Waals surface area contributed by atoms with Crippen LogP contribution in [-0.4, -0.2) is 20.9 Å². The summed E-state index contributed by atoms with van der Waals surface area (Å²) in [4.78, 5) is 17.1. The van der Waals surface area contributed by atoms with Crippen molar-refractivity contribution in [2.45, 2.75) is 19.9 Å². The van der Waals surface area contributed by atoms with Gasteiger partial charge in [0.1, 0.15) is 6.20 Å². The van der Waals surface area contributed by atoms with E-state index in [2.05, 4.69) is 15.3 Å². The number of anilines is 1. The van der Waals surface area contributed by atoms with Gasteiger partial charge < -0.3 is 15.4 Å². The molecule has 0 aliphatic rings. The summed E-state index contributed by atoms with van der Waals surface area (Å²) >= 11 is 0. The first-order chi connectivity index (χ1) is 6.09. The van der Waals surface area contributed by atoms with Crippen LogP contribution in [-0.2, 0) is 0 Å². The molecular weight excluding hydrogens is 172 g/mol. The Labute approximate surface area is 75.2 Å². The molecule has 0 fully saturated rings. The highest BCUT2D eigenvalue weighted by atomic mass is 16.6. The largest absolute Gasteiger partial charge is 0.382 e. The first-order valence-electron chi connectivity index (χ1n) is 3.82. The van der Waals surface area contributed by atoms with Gasteiger partial charge in [-0.05, 0) is 23.8 Å². The third-order valence-electron chi connectivity index (χ3n) is 1.26.